The molecule has 0 aromatic heterocycles. The molecular formula is C29H26N2O5. The van der Waals surface area contributed by atoms with Crippen LogP contribution in [0.3, 0.4) is 0 Å². The molecule has 3 aromatic carbocycles. The van der Waals surface area contributed by atoms with Gasteiger partial charge in [0, 0.05) is 28.9 Å². The second-order valence-corrected chi connectivity index (χ2v) is 9.96. The van der Waals surface area contributed by atoms with E-state index in [0.29, 0.717) is 29.4 Å². The van der Waals surface area contributed by atoms with E-state index in [0.717, 1.165) is 48.1 Å². The van der Waals surface area contributed by atoms with Crippen molar-refractivity contribution in [3.8, 4) is 17.2 Å². The molecule has 3 aromatic rings. The Kier molecular flexibility index (Phi) is 4.74. The van der Waals surface area contributed by atoms with E-state index in [2.05, 4.69) is 5.32 Å². The van der Waals surface area contributed by atoms with Crippen molar-refractivity contribution < 1.29 is 23.8 Å². The first-order valence-corrected chi connectivity index (χ1v) is 12.5. The molecule has 1 atom stereocenters. The number of para-hydroxylation sites is 1. The van der Waals surface area contributed by atoms with E-state index in [1.165, 1.54) is 0 Å². The number of rotatable bonds is 4. The Bertz CT molecular complexity index is 1400. The average Bonchev–Trinajstić information content (AvgIpc) is 3.69. The molecular weight excluding hydrogens is 456 g/mol. The van der Waals surface area contributed by atoms with Crippen LogP contribution in [0.5, 0.6) is 17.2 Å². The molecule has 36 heavy (non-hydrogen) atoms. The molecule has 1 saturated carbocycles. The summed E-state index contributed by atoms with van der Waals surface area (Å²) in [6, 6.07) is 19.4. The molecule has 1 fully saturated rings. The summed E-state index contributed by atoms with van der Waals surface area (Å²) in [6.45, 7) is 0.746. The highest BCUT2D eigenvalue weighted by molar-refractivity contribution is 6.11. The predicted octanol–water partition coefficient (Wildman–Crippen LogP) is 4.31. The molecule has 0 bridgehead atoms. The quantitative estimate of drug-likeness (QED) is 0.600. The fourth-order valence-electron chi connectivity index (χ4n) is 6.05. The van der Waals surface area contributed by atoms with Gasteiger partial charge in [0.05, 0.1) is 6.54 Å². The van der Waals surface area contributed by atoms with E-state index in [1.807, 2.05) is 65.6 Å². The van der Waals surface area contributed by atoms with Gasteiger partial charge in [-0.15, -0.1) is 0 Å². The summed E-state index contributed by atoms with van der Waals surface area (Å²) in [6.07, 6.45) is 4.41. The van der Waals surface area contributed by atoms with Gasteiger partial charge in [0.1, 0.15) is 17.8 Å². The van der Waals surface area contributed by atoms with Crippen molar-refractivity contribution in [2.45, 2.75) is 43.7 Å². The number of hydrogen-bond acceptors (Lipinski definition) is 5. The van der Waals surface area contributed by atoms with Crippen LogP contribution >= 0.6 is 0 Å². The molecule has 0 saturated heterocycles. The number of nitrogens with one attached hydrogen (secondary N) is 1. The predicted molar refractivity (Wildman–Crippen MR) is 133 cm³/mol. The summed E-state index contributed by atoms with van der Waals surface area (Å²) >= 11 is 0. The van der Waals surface area contributed by atoms with Crippen molar-refractivity contribution in [3.63, 3.8) is 0 Å². The molecule has 7 nitrogen and oxygen atoms in total. The van der Waals surface area contributed by atoms with Gasteiger partial charge in [-0.1, -0.05) is 43.2 Å². The van der Waals surface area contributed by atoms with Gasteiger partial charge in [0.2, 0.25) is 12.7 Å². The molecule has 0 radical (unpaired) electrons. The van der Waals surface area contributed by atoms with Crippen molar-refractivity contribution in [3.05, 3.63) is 82.9 Å². The Balaban J connectivity index is 1.22. The van der Waals surface area contributed by atoms with E-state index in [9.17, 15) is 9.59 Å². The van der Waals surface area contributed by atoms with E-state index >= 15 is 0 Å². The highest BCUT2D eigenvalue weighted by Gasteiger charge is 2.57. The van der Waals surface area contributed by atoms with Crippen LogP contribution < -0.4 is 24.4 Å². The largest absolute Gasteiger partial charge is 0.491 e. The maximum absolute atomic E-state index is 14.2. The molecule has 7 rings (SSSR count). The van der Waals surface area contributed by atoms with Gasteiger partial charge < -0.3 is 24.4 Å². The lowest BCUT2D eigenvalue weighted by Crippen LogP contribution is -2.42. The number of anilines is 1. The molecule has 1 N–H and O–H groups in total. The van der Waals surface area contributed by atoms with Crippen molar-refractivity contribution in [2.24, 2.45) is 0 Å². The van der Waals surface area contributed by atoms with Crippen molar-refractivity contribution >= 4 is 17.5 Å². The second-order valence-electron chi connectivity index (χ2n) is 9.96. The molecule has 1 unspecified atom stereocenters. The van der Waals surface area contributed by atoms with E-state index in [-0.39, 0.29) is 31.3 Å². The monoisotopic (exact) mass is 482 g/mol. The number of hydrogen-bond donors (Lipinski definition) is 1. The molecule has 182 valence electrons. The minimum absolute atomic E-state index is 0.0397. The highest BCUT2D eigenvalue weighted by Crippen LogP contribution is 2.55. The Morgan fingerprint density at radius 1 is 0.917 bits per heavy atom. The minimum Gasteiger partial charge on any atom is -0.491 e. The SMILES string of the molecule is O=C(NC1CCCC1)c1cccc(CN2C(=O)C3(COc4cc5c(cc43)OCO5)c3ccccc32)c1. The van der Waals surface area contributed by atoms with Crippen molar-refractivity contribution in [1.82, 2.24) is 5.32 Å². The van der Waals surface area contributed by atoms with Crippen LogP contribution in [0.25, 0.3) is 0 Å². The van der Waals surface area contributed by atoms with Crippen LogP contribution in [0.1, 0.15) is 52.7 Å². The number of fused-ring (bicyclic) bond motifs is 5. The second kappa shape index (κ2) is 8.01. The fourth-order valence-corrected chi connectivity index (χ4v) is 6.05. The van der Waals surface area contributed by atoms with Crippen LogP contribution in [0, 0.1) is 0 Å². The van der Waals surface area contributed by atoms with Crippen molar-refractivity contribution in [2.75, 3.05) is 18.3 Å². The lowest BCUT2D eigenvalue weighted by Gasteiger charge is -2.23. The summed E-state index contributed by atoms with van der Waals surface area (Å²) in [5.41, 5.74) is 3.16. The third kappa shape index (κ3) is 3.11. The molecule has 1 spiro atoms. The zero-order chi connectivity index (χ0) is 24.3. The molecule has 7 heteroatoms. The number of carbonyl (C=O) groups excluding carboxylic acids is 2. The lowest BCUT2D eigenvalue weighted by molar-refractivity contribution is -0.122. The Morgan fingerprint density at radius 3 is 2.58 bits per heavy atom. The van der Waals surface area contributed by atoms with Gasteiger partial charge in [-0.05, 0) is 48.2 Å². The van der Waals surface area contributed by atoms with Gasteiger partial charge in [-0.3, -0.25) is 9.59 Å². The minimum atomic E-state index is -0.940. The topological polar surface area (TPSA) is 77.1 Å². The molecule has 3 heterocycles. The summed E-state index contributed by atoms with van der Waals surface area (Å²) < 4.78 is 17.2. The van der Waals surface area contributed by atoms with Gasteiger partial charge in [-0.25, -0.2) is 0 Å². The number of amides is 2. The first-order valence-electron chi connectivity index (χ1n) is 12.5. The third-order valence-electron chi connectivity index (χ3n) is 7.86. The van der Waals surface area contributed by atoms with Crippen LogP contribution in [0.2, 0.25) is 0 Å². The number of ether oxygens (including phenoxy) is 3. The van der Waals surface area contributed by atoms with Gasteiger partial charge in [-0.2, -0.15) is 0 Å². The fraction of sp³-hybridized carbons (Fsp3) is 0.310. The summed E-state index contributed by atoms with van der Waals surface area (Å²) in [4.78, 5) is 28.9. The molecule has 4 aliphatic rings. The van der Waals surface area contributed by atoms with E-state index in [1.54, 1.807) is 0 Å². The van der Waals surface area contributed by atoms with E-state index < -0.39 is 5.41 Å². The molecule has 1 aliphatic carbocycles. The summed E-state index contributed by atoms with van der Waals surface area (Å²) in [5, 5.41) is 3.15. The number of carbonyl (C=O) groups is 2. The zero-order valence-corrected chi connectivity index (χ0v) is 19.8. The lowest BCUT2D eigenvalue weighted by atomic mass is 9.77. The smallest absolute Gasteiger partial charge is 0.251 e. The molecule has 3 aliphatic heterocycles. The Labute approximate surface area is 209 Å². The maximum Gasteiger partial charge on any atom is 0.251 e. The van der Waals surface area contributed by atoms with Gasteiger partial charge >= 0.3 is 0 Å². The summed E-state index contributed by atoms with van der Waals surface area (Å²) in [5.74, 6) is 1.82. The zero-order valence-electron chi connectivity index (χ0n) is 19.8. The Morgan fingerprint density at radius 2 is 1.72 bits per heavy atom. The van der Waals surface area contributed by atoms with Crippen molar-refractivity contribution in [1.29, 1.82) is 0 Å². The van der Waals surface area contributed by atoms with Crippen LogP contribution in [0.15, 0.2) is 60.7 Å². The number of benzene rings is 3. The van der Waals surface area contributed by atoms with Gasteiger partial charge in [0.15, 0.2) is 11.5 Å². The Hall–Kier alpha value is -4.00. The first-order chi connectivity index (χ1) is 17.6. The number of nitrogens with zero attached hydrogens (tertiary/aromatic N) is 1. The van der Waals surface area contributed by atoms with Crippen LogP contribution in [0.4, 0.5) is 5.69 Å². The standard InChI is InChI=1S/C29H26N2O5/c32-27(30-20-8-1-2-9-20)19-7-5-6-18(12-19)15-31-23-11-4-3-10-21(23)29(28(31)33)16-34-24-14-26-25(13-22(24)29)35-17-36-26/h3-7,10-14,20H,1-2,8-9,15-17H2,(H,30,32). The first kappa shape index (κ1) is 21.3. The van der Waals surface area contributed by atoms with Gasteiger partial charge in [0.25, 0.3) is 5.91 Å². The molecule has 2 amide bonds. The highest BCUT2D eigenvalue weighted by atomic mass is 16.7. The van der Waals surface area contributed by atoms with Crippen LogP contribution in [-0.4, -0.2) is 31.3 Å². The summed E-state index contributed by atoms with van der Waals surface area (Å²) in [7, 11) is 0. The third-order valence-corrected chi connectivity index (χ3v) is 7.86. The van der Waals surface area contributed by atoms with E-state index in [4.69, 9.17) is 14.2 Å². The van der Waals surface area contributed by atoms with Crippen LogP contribution in [-0.2, 0) is 16.8 Å². The normalized spacial score (nSPS) is 21.6. The average molecular weight is 483 g/mol. The maximum atomic E-state index is 14.2.